The van der Waals surface area contributed by atoms with E-state index in [2.05, 4.69) is 4.98 Å². The lowest BCUT2D eigenvalue weighted by atomic mass is 9.84. The lowest BCUT2D eigenvalue weighted by Crippen LogP contribution is -2.23. The van der Waals surface area contributed by atoms with E-state index in [1.165, 1.54) is 0 Å². The van der Waals surface area contributed by atoms with Crippen LogP contribution in [-0.4, -0.2) is 16.6 Å². The molecular weight excluding hydrogens is 334 g/mol. The van der Waals surface area contributed by atoms with Crippen molar-refractivity contribution < 1.29 is 9.59 Å². The Balaban J connectivity index is 1.87. The number of para-hydroxylation sites is 1. The quantitative estimate of drug-likeness (QED) is 0.390. The first-order chi connectivity index (χ1) is 13.2. The number of carbonyl (C=O) groups is 2. The molecule has 27 heavy (non-hydrogen) atoms. The zero-order valence-electron chi connectivity index (χ0n) is 15.0. The van der Waals surface area contributed by atoms with Crippen LogP contribution in [0.25, 0.3) is 10.9 Å². The van der Waals surface area contributed by atoms with Crippen molar-refractivity contribution in [2.24, 2.45) is 0 Å². The molecule has 3 nitrogen and oxygen atoms in total. The first kappa shape index (κ1) is 17.0. The molecule has 0 fully saturated rings. The predicted molar refractivity (Wildman–Crippen MR) is 107 cm³/mol. The first-order valence-corrected chi connectivity index (χ1v) is 8.92. The van der Waals surface area contributed by atoms with E-state index < -0.39 is 5.92 Å². The molecule has 4 rings (SSSR count). The van der Waals surface area contributed by atoms with Gasteiger partial charge in [-0.15, -0.1) is 0 Å². The van der Waals surface area contributed by atoms with Gasteiger partial charge in [-0.2, -0.15) is 0 Å². The molecule has 0 aliphatic rings. The van der Waals surface area contributed by atoms with Crippen molar-refractivity contribution in [3.8, 4) is 0 Å². The molecule has 0 saturated heterocycles. The Morgan fingerprint density at radius 2 is 1.33 bits per heavy atom. The van der Waals surface area contributed by atoms with E-state index in [1.54, 1.807) is 12.1 Å². The van der Waals surface area contributed by atoms with Crippen molar-refractivity contribution in [3.63, 3.8) is 0 Å². The number of H-pyrrole nitrogens is 1. The van der Waals surface area contributed by atoms with E-state index in [1.807, 2.05) is 79.7 Å². The number of hydrogen-bond donors (Lipinski definition) is 1. The molecule has 3 heteroatoms. The first-order valence-electron chi connectivity index (χ1n) is 8.92. The molecule has 0 amide bonds. The number of nitrogens with one attached hydrogen (secondary N) is 1. The predicted octanol–water partition coefficient (Wildman–Crippen LogP) is 5.33. The normalized spacial score (nSPS) is 12.0. The van der Waals surface area contributed by atoms with Gasteiger partial charge in [-0.05, 0) is 18.6 Å². The van der Waals surface area contributed by atoms with Crippen LogP contribution in [0.5, 0.6) is 0 Å². The highest BCUT2D eigenvalue weighted by Gasteiger charge is 2.32. The number of Topliss-reactive ketones (excluding diaryl/α,β-unsaturated/α-hetero) is 2. The lowest BCUT2D eigenvalue weighted by molar-refractivity contribution is 0.0861. The number of aromatic amines is 1. The van der Waals surface area contributed by atoms with Gasteiger partial charge >= 0.3 is 0 Å². The highest BCUT2D eigenvalue weighted by Crippen LogP contribution is 2.31. The van der Waals surface area contributed by atoms with Crippen molar-refractivity contribution in [1.82, 2.24) is 4.98 Å². The molecule has 0 spiro atoms. The maximum atomic E-state index is 13.6. The van der Waals surface area contributed by atoms with Crippen LogP contribution >= 0.6 is 0 Å². The van der Waals surface area contributed by atoms with Crippen LogP contribution in [-0.2, 0) is 0 Å². The molecule has 1 heterocycles. The maximum absolute atomic E-state index is 13.6. The fraction of sp³-hybridized carbons (Fsp3) is 0.0833. The zero-order valence-corrected chi connectivity index (χ0v) is 15.0. The minimum atomic E-state index is -0.869. The van der Waals surface area contributed by atoms with E-state index in [9.17, 15) is 9.59 Å². The summed E-state index contributed by atoms with van der Waals surface area (Å²) in [6.45, 7) is 1.88. The number of aryl methyl sites for hydroxylation is 1. The van der Waals surface area contributed by atoms with E-state index >= 15 is 0 Å². The summed E-state index contributed by atoms with van der Waals surface area (Å²) in [6.07, 6.45) is 0. The van der Waals surface area contributed by atoms with Crippen molar-refractivity contribution in [3.05, 3.63) is 107 Å². The molecule has 1 unspecified atom stereocenters. The average Bonchev–Trinajstić information content (AvgIpc) is 3.05. The van der Waals surface area contributed by atoms with Gasteiger partial charge in [0.15, 0.2) is 11.6 Å². The number of rotatable bonds is 5. The molecule has 132 valence electrons. The molecule has 0 aliphatic carbocycles. The van der Waals surface area contributed by atoms with Crippen LogP contribution in [0.1, 0.15) is 37.9 Å². The Morgan fingerprint density at radius 1 is 0.741 bits per heavy atom. The van der Waals surface area contributed by atoms with Gasteiger partial charge in [0.2, 0.25) is 0 Å². The fourth-order valence-electron chi connectivity index (χ4n) is 3.57. The molecule has 0 radical (unpaired) electrons. The van der Waals surface area contributed by atoms with Gasteiger partial charge in [0, 0.05) is 27.7 Å². The average molecular weight is 353 g/mol. The van der Waals surface area contributed by atoms with Crippen LogP contribution in [0.4, 0.5) is 0 Å². The Bertz CT molecular complexity index is 1110. The summed E-state index contributed by atoms with van der Waals surface area (Å²) in [5, 5.41) is 0.849. The fourth-order valence-corrected chi connectivity index (χ4v) is 3.57. The third-order valence-electron chi connectivity index (χ3n) is 4.86. The Hall–Kier alpha value is -3.46. The summed E-state index contributed by atoms with van der Waals surface area (Å²) >= 11 is 0. The number of benzene rings is 3. The van der Waals surface area contributed by atoms with Crippen molar-refractivity contribution >= 4 is 22.5 Å². The summed E-state index contributed by atoms with van der Waals surface area (Å²) in [5.41, 5.74) is 3.52. The van der Waals surface area contributed by atoms with Gasteiger partial charge in [0.25, 0.3) is 0 Å². The Labute approximate surface area is 157 Å². The van der Waals surface area contributed by atoms with Crippen LogP contribution in [0.2, 0.25) is 0 Å². The van der Waals surface area contributed by atoms with Gasteiger partial charge in [-0.25, -0.2) is 0 Å². The second-order valence-electron chi connectivity index (χ2n) is 6.61. The molecule has 0 bridgehead atoms. The topological polar surface area (TPSA) is 49.9 Å². The molecule has 1 aromatic heterocycles. The van der Waals surface area contributed by atoms with Crippen LogP contribution in [0, 0.1) is 6.92 Å². The SMILES string of the molecule is Cc1[nH]c2ccccc2c1C(=O)C(C(=O)c1ccccc1)c1ccccc1. The minimum absolute atomic E-state index is 0.176. The van der Waals surface area contributed by atoms with Crippen LogP contribution in [0.3, 0.4) is 0 Å². The number of hydrogen-bond acceptors (Lipinski definition) is 2. The lowest BCUT2D eigenvalue weighted by Gasteiger charge is -2.16. The monoisotopic (exact) mass is 353 g/mol. The van der Waals surface area contributed by atoms with E-state index in [-0.39, 0.29) is 11.6 Å². The van der Waals surface area contributed by atoms with Gasteiger partial charge in [0.1, 0.15) is 5.92 Å². The Morgan fingerprint density at radius 3 is 2.04 bits per heavy atom. The second-order valence-corrected chi connectivity index (χ2v) is 6.61. The van der Waals surface area contributed by atoms with E-state index in [0.717, 1.165) is 16.6 Å². The van der Waals surface area contributed by atoms with E-state index in [4.69, 9.17) is 0 Å². The highest BCUT2D eigenvalue weighted by atomic mass is 16.2. The van der Waals surface area contributed by atoms with Crippen LogP contribution < -0.4 is 0 Å². The van der Waals surface area contributed by atoms with Crippen molar-refractivity contribution in [2.45, 2.75) is 12.8 Å². The summed E-state index contributed by atoms with van der Waals surface area (Å²) in [6, 6.07) is 26.0. The molecule has 4 aromatic rings. The van der Waals surface area contributed by atoms with Crippen LogP contribution in [0.15, 0.2) is 84.9 Å². The zero-order chi connectivity index (χ0) is 18.8. The summed E-state index contributed by atoms with van der Waals surface area (Å²) in [7, 11) is 0. The number of ketones is 2. The summed E-state index contributed by atoms with van der Waals surface area (Å²) < 4.78 is 0. The molecule has 0 aliphatic heterocycles. The van der Waals surface area contributed by atoms with Gasteiger partial charge < -0.3 is 4.98 Å². The summed E-state index contributed by atoms with van der Waals surface area (Å²) in [5.74, 6) is -1.23. The number of carbonyl (C=O) groups excluding carboxylic acids is 2. The third kappa shape index (κ3) is 3.08. The number of aromatic nitrogens is 1. The summed E-state index contributed by atoms with van der Waals surface area (Å²) in [4.78, 5) is 30.2. The van der Waals surface area contributed by atoms with E-state index in [0.29, 0.717) is 16.7 Å². The molecule has 0 saturated carbocycles. The van der Waals surface area contributed by atoms with Crippen molar-refractivity contribution in [2.75, 3.05) is 0 Å². The molecular formula is C24H19NO2. The van der Waals surface area contributed by atoms with Gasteiger partial charge in [0.05, 0.1) is 0 Å². The number of fused-ring (bicyclic) bond motifs is 1. The molecule has 1 N–H and O–H groups in total. The molecule has 3 aromatic carbocycles. The van der Waals surface area contributed by atoms with Gasteiger partial charge in [-0.1, -0.05) is 78.9 Å². The smallest absolute Gasteiger partial charge is 0.180 e. The Kier molecular flexibility index (Phi) is 4.43. The standard InChI is InChI=1S/C24H19NO2/c1-16-21(19-14-8-9-15-20(19)25-16)24(27)22(17-10-4-2-5-11-17)23(26)18-12-6-3-7-13-18/h2-15,22,25H,1H3. The minimum Gasteiger partial charge on any atom is -0.358 e. The highest BCUT2D eigenvalue weighted by molar-refractivity contribution is 6.23. The van der Waals surface area contributed by atoms with Crippen molar-refractivity contribution in [1.29, 1.82) is 0 Å². The third-order valence-corrected chi connectivity index (χ3v) is 4.86. The van der Waals surface area contributed by atoms with Gasteiger partial charge in [-0.3, -0.25) is 9.59 Å². The largest absolute Gasteiger partial charge is 0.358 e. The maximum Gasteiger partial charge on any atom is 0.180 e. The second kappa shape index (κ2) is 7.04. The molecule has 1 atom stereocenters.